The summed E-state index contributed by atoms with van der Waals surface area (Å²) in [6, 6.07) is 2.18. The first kappa shape index (κ1) is 17.8. The van der Waals surface area contributed by atoms with Crippen molar-refractivity contribution in [2.75, 3.05) is 5.32 Å². The zero-order valence-electron chi connectivity index (χ0n) is 10.6. The molecule has 0 saturated heterocycles. The van der Waals surface area contributed by atoms with Crippen LogP contribution in [0.3, 0.4) is 0 Å². The van der Waals surface area contributed by atoms with Gasteiger partial charge in [-0.25, -0.2) is 22.0 Å². The summed E-state index contributed by atoms with van der Waals surface area (Å²) in [6.45, 7) is 0. The number of anilines is 1. The molecule has 0 aliphatic heterocycles. The van der Waals surface area contributed by atoms with Gasteiger partial charge in [-0.05, 0) is 12.1 Å². The summed E-state index contributed by atoms with van der Waals surface area (Å²) in [5, 5.41) is 1.73. The van der Waals surface area contributed by atoms with E-state index in [2.05, 4.69) is 0 Å². The van der Waals surface area contributed by atoms with Gasteiger partial charge >= 0.3 is 0 Å². The Morgan fingerprint density at radius 1 is 0.739 bits per heavy atom. The van der Waals surface area contributed by atoms with E-state index < -0.39 is 40.6 Å². The highest BCUT2D eigenvalue weighted by molar-refractivity contribution is 6.44. The third kappa shape index (κ3) is 3.22. The Hall–Kier alpha value is -1.57. The maximum atomic E-state index is 13.5. The number of nitrogens with one attached hydrogen (secondary N) is 1. The van der Waals surface area contributed by atoms with Gasteiger partial charge in [-0.2, -0.15) is 0 Å². The lowest BCUT2D eigenvalue weighted by Gasteiger charge is -2.11. The summed E-state index contributed by atoms with van der Waals surface area (Å²) in [4.78, 5) is 11.8. The first-order valence-electron chi connectivity index (χ1n) is 5.62. The van der Waals surface area contributed by atoms with Crippen molar-refractivity contribution in [3.63, 3.8) is 0 Å². The summed E-state index contributed by atoms with van der Waals surface area (Å²) >= 11 is 17.1. The van der Waals surface area contributed by atoms with E-state index >= 15 is 0 Å². The van der Waals surface area contributed by atoms with Gasteiger partial charge in [-0.1, -0.05) is 34.8 Å². The van der Waals surface area contributed by atoms with Gasteiger partial charge in [0.25, 0.3) is 5.91 Å². The smallest absolute Gasteiger partial charge is 0.261 e. The molecule has 2 rings (SSSR count). The van der Waals surface area contributed by atoms with E-state index in [4.69, 9.17) is 34.8 Å². The van der Waals surface area contributed by atoms with Crippen LogP contribution in [0.15, 0.2) is 12.1 Å². The minimum absolute atomic E-state index is 0.0332. The van der Waals surface area contributed by atoms with Gasteiger partial charge < -0.3 is 5.32 Å². The Morgan fingerprint density at radius 2 is 1.17 bits per heavy atom. The molecule has 2 aromatic rings. The Balaban J connectivity index is 2.49. The second-order valence-corrected chi connectivity index (χ2v) is 5.37. The molecule has 23 heavy (non-hydrogen) atoms. The molecule has 0 fully saturated rings. The van der Waals surface area contributed by atoms with Crippen LogP contribution in [0.2, 0.25) is 15.1 Å². The van der Waals surface area contributed by atoms with E-state index in [9.17, 15) is 26.7 Å². The SMILES string of the molecule is O=C(Nc1cc(Cl)c(Cl)cc1Cl)c1c(F)c(F)c(F)c(F)c1F. The highest BCUT2D eigenvalue weighted by Crippen LogP contribution is 2.33. The van der Waals surface area contributed by atoms with Crippen molar-refractivity contribution in [3.8, 4) is 0 Å². The molecule has 2 nitrogen and oxygen atoms in total. The van der Waals surface area contributed by atoms with E-state index in [0.717, 1.165) is 12.1 Å². The predicted molar refractivity (Wildman–Crippen MR) is 75.7 cm³/mol. The van der Waals surface area contributed by atoms with Crippen molar-refractivity contribution in [2.24, 2.45) is 0 Å². The third-order valence-corrected chi connectivity index (χ3v) is 3.73. The Bertz CT molecular complexity index is 799. The highest BCUT2D eigenvalue weighted by Gasteiger charge is 2.30. The molecule has 0 aromatic heterocycles. The van der Waals surface area contributed by atoms with Crippen molar-refractivity contribution >= 4 is 46.4 Å². The van der Waals surface area contributed by atoms with Crippen molar-refractivity contribution < 1.29 is 26.7 Å². The van der Waals surface area contributed by atoms with Crippen LogP contribution in [0.4, 0.5) is 27.6 Å². The summed E-state index contributed by atoms with van der Waals surface area (Å²) in [7, 11) is 0. The summed E-state index contributed by atoms with van der Waals surface area (Å²) in [6.07, 6.45) is 0. The average molecular weight is 391 g/mol. The standard InChI is InChI=1S/C13H3Cl3F5NO/c14-3-1-5(16)6(2-4(3)15)22-13(23)7-8(17)10(19)12(21)11(20)9(7)18/h1-2H,(H,22,23). The highest BCUT2D eigenvalue weighted by atomic mass is 35.5. The summed E-state index contributed by atoms with van der Waals surface area (Å²) in [5.41, 5.74) is -1.88. The number of hydrogen-bond acceptors (Lipinski definition) is 1. The van der Waals surface area contributed by atoms with E-state index in [1.165, 1.54) is 0 Å². The Kier molecular flexibility index (Phi) is 5.03. The minimum Gasteiger partial charge on any atom is -0.320 e. The number of carbonyl (C=O) groups is 1. The van der Waals surface area contributed by atoms with Gasteiger partial charge in [0.2, 0.25) is 5.82 Å². The maximum absolute atomic E-state index is 13.5. The quantitative estimate of drug-likeness (QED) is 0.404. The second-order valence-electron chi connectivity index (χ2n) is 4.15. The van der Waals surface area contributed by atoms with E-state index in [1.54, 1.807) is 0 Å². The van der Waals surface area contributed by atoms with Gasteiger partial charge in [-0.15, -0.1) is 0 Å². The van der Waals surface area contributed by atoms with Crippen LogP contribution >= 0.6 is 34.8 Å². The van der Waals surface area contributed by atoms with Crippen molar-refractivity contribution in [2.45, 2.75) is 0 Å². The van der Waals surface area contributed by atoms with E-state index in [0.29, 0.717) is 0 Å². The van der Waals surface area contributed by atoms with Gasteiger partial charge in [0, 0.05) is 0 Å². The van der Waals surface area contributed by atoms with Crippen LogP contribution in [-0.4, -0.2) is 5.91 Å². The molecule has 0 aliphatic carbocycles. The van der Waals surface area contributed by atoms with Crippen LogP contribution in [0, 0.1) is 29.1 Å². The van der Waals surface area contributed by atoms with Crippen LogP contribution in [-0.2, 0) is 0 Å². The number of rotatable bonds is 2. The zero-order valence-corrected chi connectivity index (χ0v) is 12.9. The molecule has 2 aromatic carbocycles. The molecule has 0 spiro atoms. The fourth-order valence-corrected chi connectivity index (χ4v) is 2.20. The molecule has 0 heterocycles. The number of benzene rings is 2. The minimum atomic E-state index is -2.37. The monoisotopic (exact) mass is 389 g/mol. The topological polar surface area (TPSA) is 29.1 Å². The molecule has 0 bridgehead atoms. The lowest BCUT2D eigenvalue weighted by Crippen LogP contribution is -2.19. The fourth-order valence-electron chi connectivity index (χ4n) is 1.61. The summed E-state index contributed by atoms with van der Waals surface area (Å²) in [5.74, 6) is -13.0. The van der Waals surface area contributed by atoms with Crippen molar-refractivity contribution in [3.05, 3.63) is 61.9 Å². The lowest BCUT2D eigenvalue weighted by atomic mass is 10.1. The molecule has 1 N–H and O–H groups in total. The van der Waals surface area contributed by atoms with Crippen LogP contribution in [0.5, 0.6) is 0 Å². The van der Waals surface area contributed by atoms with Gasteiger partial charge in [0.1, 0.15) is 5.56 Å². The largest absolute Gasteiger partial charge is 0.320 e. The molecule has 0 saturated carbocycles. The zero-order chi connectivity index (χ0) is 17.5. The normalized spacial score (nSPS) is 10.8. The third-order valence-electron chi connectivity index (χ3n) is 2.70. The Morgan fingerprint density at radius 3 is 1.70 bits per heavy atom. The molecular formula is C13H3Cl3F5NO. The number of halogens is 8. The van der Waals surface area contributed by atoms with Crippen LogP contribution in [0.25, 0.3) is 0 Å². The van der Waals surface area contributed by atoms with Crippen LogP contribution in [0.1, 0.15) is 10.4 Å². The van der Waals surface area contributed by atoms with E-state index in [-0.39, 0.29) is 20.8 Å². The van der Waals surface area contributed by atoms with Gasteiger partial charge in [-0.3, -0.25) is 4.79 Å². The number of carbonyl (C=O) groups excluding carboxylic acids is 1. The van der Waals surface area contributed by atoms with Crippen molar-refractivity contribution in [1.82, 2.24) is 0 Å². The molecule has 0 atom stereocenters. The molecule has 0 radical (unpaired) electrons. The second kappa shape index (κ2) is 6.51. The molecule has 122 valence electrons. The molecule has 0 aliphatic rings. The maximum Gasteiger partial charge on any atom is 0.261 e. The number of hydrogen-bond donors (Lipinski definition) is 1. The molecular weight excluding hydrogens is 387 g/mol. The predicted octanol–water partition coefficient (Wildman–Crippen LogP) is 5.59. The fraction of sp³-hybridized carbons (Fsp3) is 0. The first-order chi connectivity index (χ1) is 10.6. The lowest BCUT2D eigenvalue weighted by molar-refractivity contribution is 0.101. The van der Waals surface area contributed by atoms with Crippen molar-refractivity contribution in [1.29, 1.82) is 0 Å². The summed E-state index contributed by atoms with van der Waals surface area (Å²) < 4.78 is 66.2. The molecule has 1 amide bonds. The van der Waals surface area contributed by atoms with E-state index in [1.807, 2.05) is 5.32 Å². The Labute approximate surface area is 140 Å². The first-order valence-corrected chi connectivity index (χ1v) is 6.75. The average Bonchev–Trinajstić information content (AvgIpc) is 2.49. The molecule has 0 unspecified atom stereocenters. The van der Waals surface area contributed by atoms with Gasteiger partial charge in [0.15, 0.2) is 23.3 Å². The number of amides is 1. The van der Waals surface area contributed by atoms with Crippen LogP contribution < -0.4 is 5.32 Å². The van der Waals surface area contributed by atoms with Gasteiger partial charge in [0.05, 0.1) is 20.8 Å². The molecule has 10 heteroatoms.